The monoisotopic (exact) mass is 584 g/mol. The van der Waals surface area contributed by atoms with Crippen molar-refractivity contribution in [2.75, 3.05) is 30.0 Å². The van der Waals surface area contributed by atoms with Crippen LogP contribution in [-0.2, 0) is 4.79 Å². The minimum absolute atomic E-state index is 0.0755. The number of aromatic carboxylic acids is 1. The van der Waals surface area contributed by atoms with Crippen LogP contribution in [0.2, 0.25) is 0 Å². The number of carbonyl (C=O) groups is 2. The van der Waals surface area contributed by atoms with Gasteiger partial charge in [-0.1, -0.05) is 103 Å². The maximum absolute atomic E-state index is 12.3. The molecule has 0 heterocycles. The molecular formula is C34H52N2O4S. The Labute approximate surface area is 252 Å². The summed E-state index contributed by atoms with van der Waals surface area (Å²) in [6.07, 6.45) is 23.6. The van der Waals surface area contributed by atoms with Crippen LogP contribution in [0.25, 0.3) is 0 Å². The lowest BCUT2D eigenvalue weighted by Crippen LogP contribution is -2.22. The largest absolute Gasteiger partial charge is 0.494 e. The van der Waals surface area contributed by atoms with Gasteiger partial charge >= 0.3 is 5.97 Å². The van der Waals surface area contributed by atoms with Gasteiger partial charge in [0.25, 0.3) is 0 Å². The SMILES string of the molecule is CCCCCCCCCCCCCCCCCCOc1ccc(NCC(=O)Nc2ccc(SC)c(C(=O)O)c2)cc1. The van der Waals surface area contributed by atoms with Crippen LogP contribution in [-0.4, -0.2) is 36.4 Å². The molecule has 0 spiro atoms. The van der Waals surface area contributed by atoms with E-state index < -0.39 is 5.97 Å². The summed E-state index contributed by atoms with van der Waals surface area (Å²) in [6, 6.07) is 12.5. The highest BCUT2D eigenvalue weighted by molar-refractivity contribution is 7.98. The Morgan fingerprint density at radius 1 is 0.732 bits per heavy atom. The number of carboxylic acid groups (broad SMARTS) is 1. The Morgan fingerprint density at radius 2 is 1.24 bits per heavy atom. The molecule has 3 N–H and O–H groups in total. The zero-order valence-corrected chi connectivity index (χ0v) is 26.2. The molecule has 2 rings (SSSR count). The number of hydrogen-bond donors (Lipinski definition) is 3. The molecule has 6 nitrogen and oxygen atoms in total. The van der Waals surface area contributed by atoms with Crippen LogP contribution >= 0.6 is 11.8 Å². The Hall–Kier alpha value is -2.67. The van der Waals surface area contributed by atoms with Crippen molar-refractivity contribution < 1.29 is 19.4 Å². The lowest BCUT2D eigenvalue weighted by Gasteiger charge is -2.11. The third-order valence-corrected chi connectivity index (χ3v) is 8.08. The summed E-state index contributed by atoms with van der Waals surface area (Å²) in [5.41, 5.74) is 1.46. The molecule has 0 radical (unpaired) electrons. The summed E-state index contributed by atoms with van der Waals surface area (Å²) in [5, 5.41) is 15.2. The Bertz CT molecular complexity index is 997. The van der Waals surface area contributed by atoms with Gasteiger partial charge in [-0.15, -0.1) is 11.8 Å². The fourth-order valence-corrected chi connectivity index (χ4v) is 5.42. The number of anilines is 2. The predicted octanol–water partition coefficient (Wildman–Crippen LogP) is 9.80. The number of carbonyl (C=O) groups excluding carboxylic acids is 1. The number of rotatable bonds is 24. The molecule has 7 heteroatoms. The third kappa shape index (κ3) is 15.8. The van der Waals surface area contributed by atoms with Gasteiger partial charge in [-0.3, -0.25) is 4.79 Å². The zero-order chi connectivity index (χ0) is 29.5. The van der Waals surface area contributed by atoms with E-state index in [-0.39, 0.29) is 18.0 Å². The fourth-order valence-electron chi connectivity index (χ4n) is 4.85. The molecule has 0 atom stereocenters. The molecule has 0 unspecified atom stereocenters. The predicted molar refractivity (Wildman–Crippen MR) is 174 cm³/mol. The Morgan fingerprint density at radius 3 is 1.76 bits per heavy atom. The second-order valence-corrected chi connectivity index (χ2v) is 11.6. The van der Waals surface area contributed by atoms with Crippen LogP contribution in [0, 0.1) is 0 Å². The minimum atomic E-state index is -1.01. The highest BCUT2D eigenvalue weighted by Crippen LogP contribution is 2.24. The molecule has 228 valence electrons. The first-order valence-corrected chi connectivity index (χ1v) is 16.9. The number of nitrogens with one attached hydrogen (secondary N) is 2. The van der Waals surface area contributed by atoms with Crippen LogP contribution in [0.15, 0.2) is 47.4 Å². The summed E-state index contributed by atoms with van der Waals surface area (Å²) in [4.78, 5) is 24.4. The first-order valence-electron chi connectivity index (χ1n) is 15.7. The molecule has 2 aromatic rings. The molecule has 0 aliphatic heterocycles. The first-order chi connectivity index (χ1) is 20.0. The second-order valence-electron chi connectivity index (χ2n) is 10.8. The van der Waals surface area contributed by atoms with Gasteiger partial charge in [0.05, 0.1) is 18.7 Å². The Kier molecular flexibility index (Phi) is 18.5. The zero-order valence-electron chi connectivity index (χ0n) is 25.3. The van der Waals surface area contributed by atoms with Crippen LogP contribution in [0.4, 0.5) is 11.4 Å². The molecule has 0 aliphatic carbocycles. The third-order valence-electron chi connectivity index (χ3n) is 7.29. The van der Waals surface area contributed by atoms with E-state index in [0.29, 0.717) is 10.6 Å². The molecule has 0 saturated carbocycles. The van der Waals surface area contributed by atoms with Crippen molar-refractivity contribution in [2.24, 2.45) is 0 Å². The molecule has 0 aliphatic rings. The smallest absolute Gasteiger partial charge is 0.336 e. The van der Waals surface area contributed by atoms with Crippen LogP contribution in [0.5, 0.6) is 5.75 Å². The average molecular weight is 585 g/mol. The van der Waals surface area contributed by atoms with Gasteiger partial charge in [0.15, 0.2) is 0 Å². The van der Waals surface area contributed by atoms with E-state index in [1.165, 1.54) is 114 Å². The summed E-state index contributed by atoms with van der Waals surface area (Å²) in [6.45, 7) is 3.08. The maximum Gasteiger partial charge on any atom is 0.336 e. The molecule has 2 aromatic carbocycles. The van der Waals surface area contributed by atoms with Crippen molar-refractivity contribution >= 4 is 35.0 Å². The number of ether oxygens (including phenoxy) is 1. The highest BCUT2D eigenvalue weighted by Gasteiger charge is 2.12. The standard InChI is InChI=1S/C34H52N2O4S/c1-3-4-5-6-7-8-9-10-11-12-13-14-15-16-17-18-25-40-30-22-19-28(20-23-30)35-27-33(37)36-29-21-24-32(41-2)31(26-29)34(38)39/h19-24,26,35H,3-18,25,27H2,1-2H3,(H,36,37)(H,38,39). The topological polar surface area (TPSA) is 87.7 Å². The lowest BCUT2D eigenvalue weighted by atomic mass is 10.0. The number of benzene rings is 2. The van der Waals surface area contributed by atoms with Gasteiger partial charge < -0.3 is 20.5 Å². The summed E-state index contributed by atoms with van der Waals surface area (Å²) < 4.78 is 5.88. The number of amides is 1. The molecule has 0 aromatic heterocycles. The summed E-state index contributed by atoms with van der Waals surface area (Å²) >= 11 is 1.36. The highest BCUT2D eigenvalue weighted by atomic mass is 32.2. The second kappa shape index (κ2) is 22.0. The molecule has 0 bridgehead atoms. The van der Waals surface area contributed by atoms with Crippen molar-refractivity contribution in [1.29, 1.82) is 0 Å². The van der Waals surface area contributed by atoms with Crippen molar-refractivity contribution in [2.45, 2.75) is 115 Å². The van der Waals surface area contributed by atoms with E-state index in [0.717, 1.165) is 24.5 Å². The maximum atomic E-state index is 12.3. The van der Waals surface area contributed by atoms with Gasteiger partial charge in [-0.25, -0.2) is 4.79 Å². The lowest BCUT2D eigenvalue weighted by molar-refractivity contribution is -0.114. The average Bonchev–Trinajstić information content (AvgIpc) is 2.98. The summed E-state index contributed by atoms with van der Waals surface area (Å²) in [7, 11) is 0. The molecule has 0 fully saturated rings. The van der Waals surface area contributed by atoms with E-state index in [1.807, 2.05) is 30.5 Å². The van der Waals surface area contributed by atoms with Gasteiger partial charge in [0, 0.05) is 16.3 Å². The summed E-state index contributed by atoms with van der Waals surface area (Å²) in [5.74, 6) is -0.432. The van der Waals surface area contributed by atoms with Crippen LogP contribution in [0.3, 0.4) is 0 Å². The number of unbranched alkanes of at least 4 members (excludes halogenated alkanes) is 15. The number of carboxylic acids is 1. The van der Waals surface area contributed by atoms with Crippen molar-refractivity contribution in [3.05, 3.63) is 48.0 Å². The molecular weight excluding hydrogens is 532 g/mol. The normalized spacial score (nSPS) is 10.9. The fraction of sp³-hybridized carbons (Fsp3) is 0.588. The van der Waals surface area contributed by atoms with Crippen molar-refractivity contribution in [3.8, 4) is 5.75 Å². The van der Waals surface area contributed by atoms with E-state index in [2.05, 4.69) is 17.6 Å². The quantitative estimate of drug-likeness (QED) is 0.0841. The Balaban J connectivity index is 1.47. The number of thioether (sulfide) groups is 1. The minimum Gasteiger partial charge on any atom is -0.494 e. The van der Waals surface area contributed by atoms with E-state index in [4.69, 9.17) is 4.74 Å². The van der Waals surface area contributed by atoms with Crippen LogP contribution in [0.1, 0.15) is 120 Å². The van der Waals surface area contributed by atoms with Gasteiger partial charge in [0.1, 0.15) is 5.75 Å². The molecule has 41 heavy (non-hydrogen) atoms. The molecule has 0 saturated heterocycles. The first kappa shape index (κ1) is 34.5. The van der Waals surface area contributed by atoms with Gasteiger partial charge in [-0.2, -0.15) is 0 Å². The van der Waals surface area contributed by atoms with E-state index >= 15 is 0 Å². The van der Waals surface area contributed by atoms with E-state index in [9.17, 15) is 14.7 Å². The van der Waals surface area contributed by atoms with E-state index in [1.54, 1.807) is 12.1 Å². The van der Waals surface area contributed by atoms with Gasteiger partial charge in [0.2, 0.25) is 5.91 Å². The van der Waals surface area contributed by atoms with Gasteiger partial charge in [-0.05, 0) is 55.1 Å². The van der Waals surface area contributed by atoms with Crippen molar-refractivity contribution in [1.82, 2.24) is 0 Å². The number of hydrogen-bond acceptors (Lipinski definition) is 5. The van der Waals surface area contributed by atoms with Crippen molar-refractivity contribution in [3.63, 3.8) is 0 Å². The molecule has 1 amide bonds. The van der Waals surface area contributed by atoms with Crippen LogP contribution < -0.4 is 15.4 Å².